The molecule has 0 atom stereocenters. The Kier molecular flexibility index (Phi) is 5.82. The Hall–Kier alpha value is -3.30. The number of piperazine rings is 1. The average Bonchev–Trinajstić information content (AvgIpc) is 3.34. The van der Waals surface area contributed by atoms with Crippen LogP contribution >= 0.6 is 11.3 Å². The summed E-state index contributed by atoms with van der Waals surface area (Å²) in [5.41, 5.74) is 3.00. The topological polar surface area (TPSA) is 85.8 Å². The van der Waals surface area contributed by atoms with Gasteiger partial charge in [0.2, 0.25) is 5.91 Å². The summed E-state index contributed by atoms with van der Waals surface area (Å²) in [5.74, 6) is -1.15. The zero-order chi connectivity index (χ0) is 22.9. The zero-order valence-corrected chi connectivity index (χ0v) is 19.2. The van der Waals surface area contributed by atoms with Gasteiger partial charge in [-0.3, -0.25) is 24.2 Å². The molecular weight excluding hydrogens is 438 g/mol. The molecule has 1 saturated heterocycles. The van der Waals surface area contributed by atoms with Crippen molar-refractivity contribution in [1.29, 1.82) is 0 Å². The van der Waals surface area contributed by atoms with Gasteiger partial charge in [-0.15, -0.1) is 0 Å². The summed E-state index contributed by atoms with van der Waals surface area (Å²) in [7, 11) is 0. The number of nitrogens with zero attached hydrogens (tertiary/aromatic N) is 4. The van der Waals surface area contributed by atoms with Crippen LogP contribution in [0.1, 0.15) is 26.3 Å². The molecule has 3 heterocycles. The van der Waals surface area contributed by atoms with Crippen molar-refractivity contribution in [1.82, 2.24) is 20.1 Å². The molecule has 0 saturated carbocycles. The third kappa shape index (κ3) is 4.34. The molecule has 2 aliphatic rings. The van der Waals surface area contributed by atoms with E-state index in [2.05, 4.69) is 40.2 Å². The van der Waals surface area contributed by atoms with E-state index in [1.54, 1.807) is 35.6 Å². The van der Waals surface area contributed by atoms with Crippen LogP contribution in [0.25, 0.3) is 10.2 Å². The van der Waals surface area contributed by atoms with E-state index in [-0.39, 0.29) is 12.5 Å². The van der Waals surface area contributed by atoms with Crippen LogP contribution < -0.4 is 10.2 Å². The van der Waals surface area contributed by atoms with Gasteiger partial charge in [-0.2, -0.15) is 0 Å². The van der Waals surface area contributed by atoms with Crippen LogP contribution in [0.5, 0.6) is 0 Å². The van der Waals surface area contributed by atoms with Crippen molar-refractivity contribution >= 4 is 44.4 Å². The number of benzene rings is 2. The highest BCUT2D eigenvalue weighted by atomic mass is 32.1. The van der Waals surface area contributed by atoms with E-state index in [4.69, 9.17) is 4.98 Å². The van der Waals surface area contributed by atoms with Crippen LogP contribution in [-0.2, 0) is 4.79 Å². The van der Waals surface area contributed by atoms with Crippen molar-refractivity contribution in [3.63, 3.8) is 0 Å². The van der Waals surface area contributed by atoms with Gasteiger partial charge in [-0.05, 0) is 36.8 Å². The van der Waals surface area contributed by atoms with E-state index in [0.29, 0.717) is 17.7 Å². The van der Waals surface area contributed by atoms with E-state index in [9.17, 15) is 14.4 Å². The lowest BCUT2D eigenvalue weighted by Crippen LogP contribution is -2.49. The van der Waals surface area contributed by atoms with Crippen LogP contribution in [-0.4, -0.2) is 78.3 Å². The maximum atomic E-state index is 12.4. The number of hydrogen-bond donors (Lipinski definition) is 1. The molecule has 8 nitrogen and oxygen atoms in total. The summed E-state index contributed by atoms with van der Waals surface area (Å²) in [6.45, 7) is 6.60. The first-order chi connectivity index (χ1) is 16.0. The van der Waals surface area contributed by atoms with Crippen molar-refractivity contribution in [2.24, 2.45) is 0 Å². The smallest absolute Gasteiger partial charge is 0.262 e. The van der Waals surface area contributed by atoms with Gasteiger partial charge < -0.3 is 10.2 Å². The molecule has 1 aromatic heterocycles. The highest BCUT2D eigenvalue weighted by Gasteiger charge is 2.36. The average molecular weight is 464 g/mol. The summed E-state index contributed by atoms with van der Waals surface area (Å²) in [6, 6.07) is 13.0. The van der Waals surface area contributed by atoms with Crippen molar-refractivity contribution in [2.75, 3.05) is 50.7 Å². The fourth-order valence-corrected chi connectivity index (χ4v) is 5.37. The largest absolute Gasteiger partial charge is 0.353 e. The molecule has 3 aromatic rings. The number of carbonyl (C=O) groups is 3. The Morgan fingerprint density at radius 2 is 1.73 bits per heavy atom. The molecule has 170 valence electrons. The highest BCUT2D eigenvalue weighted by Crippen LogP contribution is 2.30. The standard InChI is InChI=1S/C24H25N5O3S/c1-16-6-7-19-20(14-16)33-24(26-19)28-12-10-27(11-13-28)9-8-25-21(30)15-29-22(31)17-4-2-3-5-18(17)23(29)32/h2-7,14H,8-13,15H2,1H3,(H,25,30). The Balaban J connectivity index is 1.07. The monoisotopic (exact) mass is 463 g/mol. The molecule has 0 unspecified atom stereocenters. The fraction of sp³-hybridized carbons (Fsp3) is 0.333. The Bertz CT molecular complexity index is 1200. The molecule has 33 heavy (non-hydrogen) atoms. The highest BCUT2D eigenvalue weighted by molar-refractivity contribution is 7.22. The number of rotatable bonds is 6. The van der Waals surface area contributed by atoms with Gasteiger partial charge in [-0.25, -0.2) is 4.98 Å². The Morgan fingerprint density at radius 3 is 2.42 bits per heavy atom. The van der Waals surface area contributed by atoms with E-state index in [1.807, 2.05) is 0 Å². The summed E-state index contributed by atoms with van der Waals surface area (Å²) >= 11 is 1.73. The number of thiazole rings is 1. The number of aromatic nitrogens is 1. The SMILES string of the molecule is Cc1ccc2nc(N3CCN(CCNC(=O)CN4C(=O)c5ccccc5C4=O)CC3)sc2c1. The molecule has 5 rings (SSSR count). The normalized spacial score (nSPS) is 16.5. The second kappa shape index (κ2) is 8.92. The summed E-state index contributed by atoms with van der Waals surface area (Å²) in [4.78, 5) is 47.5. The third-order valence-corrected chi connectivity index (χ3v) is 7.18. The number of nitrogens with one attached hydrogen (secondary N) is 1. The van der Waals surface area contributed by atoms with Gasteiger partial charge >= 0.3 is 0 Å². The summed E-state index contributed by atoms with van der Waals surface area (Å²) in [5, 5.41) is 3.90. The first-order valence-corrected chi connectivity index (χ1v) is 11.9. The molecule has 2 aliphatic heterocycles. The minimum Gasteiger partial charge on any atom is -0.353 e. The number of anilines is 1. The predicted molar refractivity (Wildman–Crippen MR) is 128 cm³/mol. The van der Waals surface area contributed by atoms with Gasteiger partial charge in [0.25, 0.3) is 11.8 Å². The van der Waals surface area contributed by atoms with Crippen molar-refractivity contribution in [3.8, 4) is 0 Å². The number of carbonyl (C=O) groups excluding carboxylic acids is 3. The Labute approximate surface area is 195 Å². The number of aryl methyl sites for hydroxylation is 1. The van der Waals surface area contributed by atoms with E-state index in [0.717, 1.165) is 48.3 Å². The quantitative estimate of drug-likeness (QED) is 0.564. The van der Waals surface area contributed by atoms with Crippen molar-refractivity contribution in [2.45, 2.75) is 6.92 Å². The molecule has 9 heteroatoms. The van der Waals surface area contributed by atoms with Crippen LogP contribution in [0, 0.1) is 6.92 Å². The minimum absolute atomic E-state index is 0.253. The second-order valence-electron chi connectivity index (χ2n) is 8.39. The zero-order valence-electron chi connectivity index (χ0n) is 18.4. The van der Waals surface area contributed by atoms with Crippen molar-refractivity contribution in [3.05, 3.63) is 59.2 Å². The molecular formula is C24H25N5O3S. The molecule has 0 spiro atoms. The molecule has 2 aromatic carbocycles. The lowest BCUT2D eigenvalue weighted by atomic mass is 10.1. The van der Waals surface area contributed by atoms with Crippen LogP contribution in [0.4, 0.5) is 5.13 Å². The minimum atomic E-state index is -0.410. The Morgan fingerprint density at radius 1 is 1.03 bits per heavy atom. The molecule has 1 fully saturated rings. The molecule has 0 radical (unpaired) electrons. The molecule has 0 aliphatic carbocycles. The van der Waals surface area contributed by atoms with Gasteiger partial charge in [0.05, 0.1) is 21.3 Å². The molecule has 1 N–H and O–H groups in total. The number of fused-ring (bicyclic) bond motifs is 2. The first-order valence-electron chi connectivity index (χ1n) is 11.1. The van der Waals surface area contributed by atoms with E-state index < -0.39 is 11.8 Å². The lowest BCUT2D eigenvalue weighted by Gasteiger charge is -2.34. The van der Waals surface area contributed by atoms with Gasteiger partial charge in [0, 0.05) is 39.3 Å². The number of imide groups is 1. The lowest BCUT2D eigenvalue weighted by molar-refractivity contribution is -0.121. The van der Waals surface area contributed by atoms with E-state index in [1.165, 1.54) is 10.3 Å². The predicted octanol–water partition coefficient (Wildman–Crippen LogP) is 2.14. The number of amides is 3. The fourth-order valence-electron chi connectivity index (χ4n) is 4.25. The van der Waals surface area contributed by atoms with Gasteiger partial charge in [0.15, 0.2) is 5.13 Å². The second-order valence-corrected chi connectivity index (χ2v) is 9.40. The van der Waals surface area contributed by atoms with Gasteiger partial charge in [-0.1, -0.05) is 29.5 Å². The molecule has 3 amide bonds. The first kappa shape index (κ1) is 21.5. The summed E-state index contributed by atoms with van der Waals surface area (Å²) in [6.07, 6.45) is 0. The summed E-state index contributed by atoms with van der Waals surface area (Å²) < 4.78 is 1.22. The van der Waals surface area contributed by atoms with E-state index >= 15 is 0 Å². The third-order valence-electron chi connectivity index (χ3n) is 6.11. The molecule has 0 bridgehead atoms. The van der Waals surface area contributed by atoms with Crippen LogP contribution in [0.3, 0.4) is 0 Å². The number of hydrogen-bond acceptors (Lipinski definition) is 7. The van der Waals surface area contributed by atoms with Crippen LogP contribution in [0.2, 0.25) is 0 Å². The maximum absolute atomic E-state index is 12.4. The maximum Gasteiger partial charge on any atom is 0.262 e. The van der Waals surface area contributed by atoms with Gasteiger partial charge in [0.1, 0.15) is 6.54 Å². The van der Waals surface area contributed by atoms with Crippen molar-refractivity contribution < 1.29 is 14.4 Å². The van der Waals surface area contributed by atoms with Crippen LogP contribution in [0.15, 0.2) is 42.5 Å².